The number of hydrogen-bond donors (Lipinski definition) is 3. The van der Waals surface area contributed by atoms with Crippen molar-refractivity contribution < 1.29 is 4.79 Å². The van der Waals surface area contributed by atoms with Crippen LogP contribution >= 0.6 is 48.0 Å². The number of nitrogens with two attached hydrogens (primary N) is 2. The molecule has 0 aliphatic rings. The Balaban J connectivity index is 0.00000264. The van der Waals surface area contributed by atoms with E-state index in [-0.39, 0.29) is 30.8 Å². The lowest BCUT2D eigenvalue weighted by Gasteiger charge is -2.09. The highest BCUT2D eigenvalue weighted by atomic mass is 35.5. The van der Waals surface area contributed by atoms with Crippen molar-refractivity contribution in [3.05, 3.63) is 63.6 Å². The summed E-state index contributed by atoms with van der Waals surface area (Å²) in [5.41, 5.74) is 12.4. The Bertz CT molecular complexity index is 716. The van der Waals surface area contributed by atoms with Crippen LogP contribution in [0.25, 0.3) is 0 Å². The van der Waals surface area contributed by atoms with Gasteiger partial charge < -0.3 is 16.8 Å². The van der Waals surface area contributed by atoms with Gasteiger partial charge in [-0.05, 0) is 35.9 Å². The molecule has 0 fully saturated rings. The van der Waals surface area contributed by atoms with Crippen molar-refractivity contribution in [2.24, 2.45) is 16.5 Å². The summed E-state index contributed by atoms with van der Waals surface area (Å²) in [6.07, 6.45) is 0. The van der Waals surface area contributed by atoms with Crippen molar-refractivity contribution in [3.8, 4) is 0 Å². The molecule has 130 valence electrons. The maximum Gasteiger partial charge on any atom is 0.280 e. The van der Waals surface area contributed by atoms with Gasteiger partial charge in [0, 0.05) is 27.8 Å². The Kier molecular flexibility index (Phi) is 9.55. The predicted octanol–water partition coefficient (Wildman–Crippen LogP) is 3.86. The van der Waals surface area contributed by atoms with Crippen molar-refractivity contribution >= 4 is 65.6 Å². The molecule has 0 aromatic heterocycles. The second-order valence-electron chi connectivity index (χ2n) is 4.55. The third kappa shape index (κ3) is 6.84. The summed E-state index contributed by atoms with van der Waals surface area (Å²) in [6, 6.07) is 12.3. The average molecular weight is 410 g/mol. The Morgan fingerprint density at radius 3 is 2.21 bits per heavy atom. The number of nitrogens with one attached hydrogen (secondary N) is 1. The van der Waals surface area contributed by atoms with Crippen LogP contribution in [0, 0.1) is 0 Å². The quantitative estimate of drug-likeness (QED) is 0.527. The van der Waals surface area contributed by atoms with Gasteiger partial charge in [0.05, 0.1) is 0 Å². The third-order valence-corrected chi connectivity index (χ3v) is 3.26. The van der Waals surface area contributed by atoms with Gasteiger partial charge in [0.2, 0.25) is 0 Å². The molecule has 0 spiro atoms. The van der Waals surface area contributed by atoms with Crippen LogP contribution in [-0.2, 0) is 6.54 Å². The highest BCUT2D eigenvalue weighted by Crippen LogP contribution is 2.21. The van der Waals surface area contributed by atoms with E-state index in [2.05, 4.69) is 10.3 Å². The van der Waals surface area contributed by atoms with Crippen LogP contribution in [-0.4, -0.2) is 11.9 Å². The fraction of sp³-hybridized carbons (Fsp3) is 0.0667. The van der Waals surface area contributed by atoms with E-state index in [9.17, 15) is 4.79 Å². The Morgan fingerprint density at radius 1 is 1.00 bits per heavy atom. The predicted molar refractivity (Wildman–Crippen MR) is 105 cm³/mol. The molecule has 0 atom stereocenters. The van der Waals surface area contributed by atoms with Crippen LogP contribution in [0.3, 0.4) is 0 Å². The van der Waals surface area contributed by atoms with Crippen LogP contribution in [0.4, 0.5) is 5.69 Å². The number of guanidine groups is 1. The first-order valence-corrected chi connectivity index (χ1v) is 7.12. The molecule has 9 heteroatoms. The number of benzene rings is 2. The first-order chi connectivity index (χ1) is 10.4. The van der Waals surface area contributed by atoms with E-state index in [1.165, 1.54) is 6.07 Å². The zero-order valence-electron chi connectivity index (χ0n) is 12.3. The van der Waals surface area contributed by atoms with Crippen LogP contribution in [0.5, 0.6) is 0 Å². The first-order valence-electron chi connectivity index (χ1n) is 6.37. The molecule has 2 aromatic rings. The summed E-state index contributed by atoms with van der Waals surface area (Å²) >= 11 is 11.9. The summed E-state index contributed by atoms with van der Waals surface area (Å²) in [5.74, 6) is -0.835. The smallest absolute Gasteiger partial charge is 0.280 e. The average Bonchev–Trinajstić information content (AvgIpc) is 2.45. The van der Waals surface area contributed by atoms with Crippen molar-refractivity contribution in [2.45, 2.75) is 6.54 Å². The summed E-state index contributed by atoms with van der Waals surface area (Å²) in [5, 5.41) is 4.27. The summed E-state index contributed by atoms with van der Waals surface area (Å²) in [6.45, 7) is 0.563. The van der Waals surface area contributed by atoms with E-state index < -0.39 is 5.91 Å². The minimum atomic E-state index is -0.544. The molecule has 1 amide bonds. The molecule has 0 bridgehead atoms. The van der Waals surface area contributed by atoms with Gasteiger partial charge in [0.15, 0.2) is 5.96 Å². The largest absolute Gasteiger partial charge is 0.381 e. The van der Waals surface area contributed by atoms with Gasteiger partial charge in [0.1, 0.15) is 0 Å². The molecule has 0 unspecified atom stereocenters. The molecule has 5 nitrogen and oxygen atoms in total. The van der Waals surface area contributed by atoms with Crippen LogP contribution in [0.15, 0.2) is 47.5 Å². The van der Waals surface area contributed by atoms with Crippen molar-refractivity contribution in [2.75, 3.05) is 5.32 Å². The van der Waals surface area contributed by atoms with Crippen LogP contribution in [0.1, 0.15) is 15.9 Å². The second-order valence-corrected chi connectivity index (χ2v) is 5.42. The molecule has 0 radical (unpaired) electrons. The number of anilines is 1. The van der Waals surface area contributed by atoms with Crippen molar-refractivity contribution in [1.82, 2.24) is 0 Å². The standard InChI is InChI=1S/C15H14Cl2N4O.2ClH/c16-11-3-1-9(2-4-11)8-20-13-6-10(5-12(17)7-13)14(22)21-15(18)19;;/h1-7,20H,8H2,(H4,18,19,21,22);2*1H. The van der Waals surface area contributed by atoms with E-state index >= 15 is 0 Å². The second kappa shape index (κ2) is 10.3. The summed E-state index contributed by atoms with van der Waals surface area (Å²) in [7, 11) is 0. The Hall–Kier alpha value is -1.66. The van der Waals surface area contributed by atoms with Crippen molar-refractivity contribution in [1.29, 1.82) is 0 Å². The Morgan fingerprint density at radius 2 is 1.62 bits per heavy atom. The van der Waals surface area contributed by atoms with Crippen molar-refractivity contribution in [3.63, 3.8) is 0 Å². The highest BCUT2D eigenvalue weighted by Gasteiger charge is 2.08. The number of nitrogens with zero attached hydrogens (tertiary/aromatic N) is 1. The topological polar surface area (TPSA) is 93.5 Å². The zero-order chi connectivity index (χ0) is 16.1. The van der Waals surface area contributed by atoms with Gasteiger partial charge in [-0.25, -0.2) is 0 Å². The number of halogens is 4. The number of rotatable bonds is 4. The zero-order valence-corrected chi connectivity index (χ0v) is 15.5. The van der Waals surface area contributed by atoms with Gasteiger partial charge in [-0.15, -0.1) is 24.8 Å². The number of amides is 1. The van der Waals surface area contributed by atoms with Gasteiger partial charge in [-0.3, -0.25) is 4.79 Å². The molecular weight excluding hydrogens is 394 g/mol. The number of hydrogen-bond acceptors (Lipinski definition) is 2. The van der Waals surface area contributed by atoms with Gasteiger partial charge in [-0.1, -0.05) is 35.3 Å². The summed E-state index contributed by atoms with van der Waals surface area (Å²) < 4.78 is 0. The molecule has 0 aliphatic heterocycles. The first kappa shape index (κ1) is 22.3. The molecule has 24 heavy (non-hydrogen) atoms. The van der Waals surface area contributed by atoms with Crippen LogP contribution in [0.2, 0.25) is 10.0 Å². The fourth-order valence-corrected chi connectivity index (χ4v) is 2.16. The fourth-order valence-electron chi connectivity index (χ4n) is 1.80. The molecular formula is C15H16Cl4N4O. The van der Waals surface area contributed by atoms with Gasteiger partial charge in [-0.2, -0.15) is 4.99 Å². The van der Waals surface area contributed by atoms with Gasteiger partial charge in [0.25, 0.3) is 5.91 Å². The van der Waals surface area contributed by atoms with Gasteiger partial charge >= 0.3 is 0 Å². The normalized spacial score (nSPS) is 9.25. The van der Waals surface area contributed by atoms with E-state index in [0.717, 1.165) is 5.56 Å². The monoisotopic (exact) mass is 408 g/mol. The molecule has 0 aliphatic carbocycles. The molecule has 0 saturated heterocycles. The minimum absolute atomic E-state index is 0. The molecule has 2 rings (SSSR count). The number of carbonyl (C=O) groups excluding carboxylic acids is 1. The van der Waals surface area contributed by atoms with E-state index in [1.807, 2.05) is 24.3 Å². The SMILES string of the molecule is Cl.Cl.NC(N)=NC(=O)c1cc(Cl)cc(NCc2ccc(Cl)cc2)c1. The summed E-state index contributed by atoms with van der Waals surface area (Å²) in [4.78, 5) is 15.3. The molecule has 0 saturated carbocycles. The maximum atomic E-state index is 11.8. The lowest BCUT2D eigenvalue weighted by molar-refractivity contribution is 0.100. The minimum Gasteiger partial charge on any atom is -0.381 e. The molecule has 0 heterocycles. The lowest BCUT2D eigenvalue weighted by Crippen LogP contribution is -2.24. The molecule has 2 aromatic carbocycles. The van der Waals surface area contributed by atoms with E-state index in [1.54, 1.807) is 12.1 Å². The number of aliphatic imine (C=N–C) groups is 1. The van der Waals surface area contributed by atoms with E-state index in [0.29, 0.717) is 27.8 Å². The number of carbonyl (C=O) groups is 1. The maximum absolute atomic E-state index is 11.8. The Labute approximate surface area is 162 Å². The van der Waals surface area contributed by atoms with E-state index in [4.69, 9.17) is 34.7 Å². The molecule has 5 N–H and O–H groups in total. The van der Waals surface area contributed by atoms with Crippen LogP contribution < -0.4 is 16.8 Å². The third-order valence-electron chi connectivity index (χ3n) is 2.79. The highest BCUT2D eigenvalue weighted by molar-refractivity contribution is 6.31. The lowest BCUT2D eigenvalue weighted by atomic mass is 10.1.